The van der Waals surface area contributed by atoms with E-state index in [2.05, 4.69) is 6.08 Å². The van der Waals surface area contributed by atoms with Crippen molar-refractivity contribution in [3.63, 3.8) is 0 Å². The number of hydrogen-bond donors (Lipinski definition) is 0. The van der Waals surface area contributed by atoms with Gasteiger partial charge in [-0.05, 0) is 76.0 Å². The Balaban J connectivity index is 1.69. The SMILES string of the molecule is CC(C)(C)OC(=O)N1CC2CC23C(=O)C2=C(C=C13)CCCC2. The van der Waals surface area contributed by atoms with Gasteiger partial charge < -0.3 is 4.74 Å². The summed E-state index contributed by atoms with van der Waals surface area (Å²) in [5.74, 6) is 0.602. The number of Topliss-reactive ketones (excluding diaryl/α,β-unsaturated/α-hetero) is 1. The number of carbonyl (C=O) groups excluding carboxylic acids is 2. The summed E-state index contributed by atoms with van der Waals surface area (Å²) in [5.41, 5.74) is 2.23. The lowest BCUT2D eigenvalue weighted by atomic mass is 9.77. The molecule has 0 N–H and O–H groups in total. The fourth-order valence-electron chi connectivity index (χ4n) is 4.30. The third-order valence-electron chi connectivity index (χ3n) is 5.37. The van der Waals surface area contributed by atoms with E-state index < -0.39 is 5.60 Å². The average molecular weight is 301 g/mol. The maximum absolute atomic E-state index is 13.0. The van der Waals surface area contributed by atoms with Crippen molar-refractivity contribution in [2.45, 2.75) is 58.5 Å². The molecule has 0 aromatic heterocycles. The molecule has 4 nitrogen and oxygen atoms in total. The van der Waals surface area contributed by atoms with Crippen LogP contribution in [0.25, 0.3) is 0 Å². The van der Waals surface area contributed by atoms with Crippen LogP contribution in [-0.4, -0.2) is 28.9 Å². The van der Waals surface area contributed by atoms with Crippen molar-refractivity contribution in [3.05, 3.63) is 22.9 Å². The minimum Gasteiger partial charge on any atom is -0.443 e. The molecule has 2 atom stereocenters. The molecule has 22 heavy (non-hydrogen) atoms. The highest BCUT2D eigenvalue weighted by Crippen LogP contribution is 2.67. The second-order valence-corrected chi connectivity index (χ2v) is 8.03. The van der Waals surface area contributed by atoms with Crippen molar-refractivity contribution in [3.8, 4) is 0 Å². The lowest BCUT2D eigenvalue weighted by Crippen LogP contribution is -2.38. The molecule has 4 aliphatic rings. The van der Waals surface area contributed by atoms with Crippen LogP contribution in [0, 0.1) is 11.3 Å². The smallest absolute Gasteiger partial charge is 0.414 e. The lowest BCUT2D eigenvalue weighted by molar-refractivity contribution is -0.120. The highest BCUT2D eigenvalue weighted by Gasteiger charge is 2.70. The maximum Gasteiger partial charge on any atom is 0.414 e. The number of amides is 1. The van der Waals surface area contributed by atoms with Gasteiger partial charge in [0.25, 0.3) is 0 Å². The summed E-state index contributed by atoms with van der Waals surface area (Å²) in [7, 11) is 0. The monoisotopic (exact) mass is 301 g/mol. The van der Waals surface area contributed by atoms with E-state index in [-0.39, 0.29) is 11.5 Å². The van der Waals surface area contributed by atoms with E-state index >= 15 is 0 Å². The molecule has 4 rings (SSSR count). The fraction of sp³-hybridized carbons (Fsp3) is 0.667. The zero-order chi connectivity index (χ0) is 15.7. The Kier molecular flexibility index (Phi) is 2.71. The number of carbonyl (C=O) groups is 2. The first-order valence-electron chi connectivity index (χ1n) is 8.32. The summed E-state index contributed by atoms with van der Waals surface area (Å²) in [6.45, 7) is 6.26. The molecule has 118 valence electrons. The van der Waals surface area contributed by atoms with E-state index in [4.69, 9.17) is 4.74 Å². The Morgan fingerprint density at radius 2 is 2.05 bits per heavy atom. The molecular weight excluding hydrogens is 278 g/mol. The van der Waals surface area contributed by atoms with E-state index in [1.807, 2.05) is 20.8 Å². The number of likely N-dealkylation sites (tertiary alicyclic amines) is 1. The summed E-state index contributed by atoms with van der Waals surface area (Å²) in [5, 5.41) is 0. The third-order valence-corrected chi connectivity index (χ3v) is 5.37. The Bertz CT molecular complexity index is 637. The largest absolute Gasteiger partial charge is 0.443 e. The van der Waals surface area contributed by atoms with E-state index in [1.165, 1.54) is 0 Å². The molecule has 1 saturated carbocycles. The second kappa shape index (κ2) is 4.24. The van der Waals surface area contributed by atoms with Gasteiger partial charge in [-0.1, -0.05) is 0 Å². The minimum atomic E-state index is -0.508. The van der Waals surface area contributed by atoms with E-state index in [0.29, 0.717) is 18.2 Å². The lowest BCUT2D eigenvalue weighted by Gasteiger charge is -2.32. The molecule has 1 saturated heterocycles. The first-order valence-corrected chi connectivity index (χ1v) is 8.32. The summed E-state index contributed by atoms with van der Waals surface area (Å²) >= 11 is 0. The normalized spacial score (nSPS) is 33.0. The van der Waals surface area contributed by atoms with Crippen LogP contribution in [0.1, 0.15) is 52.9 Å². The van der Waals surface area contributed by atoms with Crippen LogP contribution in [0.15, 0.2) is 22.9 Å². The number of rotatable bonds is 0. The Labute approximate surface area is 131 Å². The van der Waals surface area contributed by atoms with Gasteiger partial charge in [-0.25, -0.2) is 4.79 Å². The number of ketones is 1. The Hall–Kier alpha value is -1.58. The van der Waals surface area contributed by atoms with E-state index in [1.54, 1.807) is 4.90 Å². The van der Waals surface area contributed by atoms with Gasteiger partial charge in [-0.3, -0.25) is 9.69 Å². The first-order chi connectivity index (χ1) is 10.3. The zero-order valence-electron chi connectivity index (χ0n) is 13.6. The predicted molar refractivity (Wildman–Crippen MR) is 82.1 cm³/mol. The van der Waals surface area contributed by atoms with Crippen LogP contribution in [0.5, 0.6) is 0 Å². The summed E-state index contributed by atoms with van der Waals surface area (Å²) in [6, 6.07) is 0. The van der Waals surface area contributed by atoms with Crippen LogP contribution in [0.2, 0.25) is 0 Å². The van der Waals surface area contributed by atoms with Crippen molar-refractivity contribution in [2.75, 3.05) is 6.54 Å². The van der Waals surface area contributed by atoms with E-state index in [9.17, 15) is 9.59 Å². The second-order valence-electron chi connectivity index (χ2n) is 8.03. The zero-order valence-corrected chi connectivity index (χ0v) is 13.6. The number of piperidine rings is 1. The quantitative estimate of drug-likeness (QED) is 0.687. The van der Waals surface area contributed by atoms with Crippen molar-refractivity contribution in [1.82, 2.24) is 4.90 Å². The highest BCUT2D eigenvalue weighted by atomic mass is 16.6. The molecule has 1 heterocycles. The number of allylic oxidation sites excluding steroid dienone is 4. The molecule has 4 heteroatoms. The van der Waals surface area contributed by atoms with Crippen molar-refractivity contribution >= 4 is 11.9 Å². The summed E-state index contributed by atoms with van der Waals surface area (Å²) < 4.78 is 5.53. The van der Waals surface area contributed by atoms with Gasteiger partial charge >= 0.3 is 6.09 Å². The molecule has 0 bridgehead atoms. The third kappa shape index (κ3) is 1.82. The minimum absolute atomic E-state index is 0.301. The first kappa shape index (κ1) is 14.0. The van der Waals surface area contributed by atoms with Crippen LogP contribution in [0.3, 0.4) is 0 Å². The fourth-order valence-corrected chi connectivity index (χ4v) is 4.30. The summed E-state index contributed by atoms with van der Waals surface area (Å²) in [6.07, 6.45) is 6.87. The molecule has 1 spiro atoms. The number of ether oxygens (including phenoxy) is 1. The molecule has 2 unspecified atom stereocenters. The van der Waals surface area contributed by atoms with Gasteiger partial charge in [-0.2, -0.15) is 0 Å². The van der Waals surface area contributed by atoms with E-state index in [0.717, 1.165) is 48.9 Å². The topological polar surface area (TPSA) is 46.6 Å². The predicted octanol–water partition coefficient (Wildman–Crippen LogP) is 3.58. The Morgan fingerprint density at radius 3 is 2.77 bits per heavy atom. The highest BCUT2D eigenvalue weighted by molar-refractivity contribution is 6.08. The molecule has 2 fully saturated rings. The molecule has 0 radical (unpaired) electrons. The molecule has 3 aliphatic carbocycles. The van der Waals surface area contributed by atoms with Crippen molar-refractivity contribution in [2.24, 2.45) is 11.3 Å². The van der Waals surface area contributed by atoms with Gasteiger partial charge in [0, 0.05) is 12.2 Å². The van der Waals surface area contributed by atoms with Crippen LogP contribution < -0.4 is 0 Å². The van der Waals surface area contributed by atoms with Gasteiger partial charge in [0.05, 0.1) is 5.41 Å². The molecular formula is C18H23NO3. The van der Waals surface area contributed by atoms with Crippen LogP contribution in [-0.2, 0) is 9.53 Å². The van der Waals surface area contributed by atoms with Gasteiger partial charge in [-0.15, -0.1) is 0 Å². The average Bonchev–Trinajstić information content (AvgIpc) is 3.06. The van der Waals surface area contributed by atoms with Gasteiger partial charge in [0.2, 0.25) is 0 Å². The molecule has 1 aliphatic heterocycles. The molecule has 1 amide bonds. The van der Waals surface area contributed by atoms with Gasteiger partial charge in [0.15, 0.2) is 5.78 Å². The Morgan fingerprint density at radius 1 is 1.32 bits per heavy atom. The van der Waals surface area contributed by atoms with Crippen LogP contribution in [0.4, 0.5) is 4.79 Å². The molecule has 0 aromatic rings. The summed E-state index contributed by atoms with van der Waals surface area (Å²) in [4.78, 5) is 27.2. The van der Waals surface area contributed by atoms with Crippen LogP contribution >= 0.6 is 0 Å². The molecule has 0 aromatic carbocycles. The number of nitrogens with zero attached hydrogens (tertiary/aromatic N) is 1. The van der Waals surface area contributed by atoms with Gasteiger partial charge in [0.1, 0.15) is 5.60 Å². The number of hydrogen-bond acceptors (Lipinski definition) is 3. The maximum atomic E-state index is 13.0. The standard InChI is InChI=1S/C18H23NO3/c1-17(2,3)22-16(21)19-10-12-9-18(12)14(19)8-11-6-4-5-7-13(11)15(18)20/h8,12H,4-7,9-10H2,1-3H3. The van der Waals surface area contributed by atoms with Crippen molar-refractivity contribution < 1.29 is 14.3 Å². The van der Waals surface area contributed by atoms with Crippen molar-refractivity contribution in [1.29, 1.82) is 0 Å².